The fourth-order valence-corrected chi connectivity index (χ4v) is 7.61. The van der Waals surface area contributed by atoms with Crippen LogP contribution < -0.4 is 14.5 Å². The molecule has 0 unspecified atom stereocenters. The molecule has 3 aliphatic heterocycles. The van der Waals surface area contributed by atoms with Crippen molar-refractivity contribution in [2.45, 2.75) is 32.1 Å². The van der Waals surface area contributed by atoms with E-state index in [4.69, 9.17) is 20.8 Å². The average molecular weight is 688 g/mol. The molecule has 2 fully saturated rings. The van der Waals surface area contributed by atoms with Gasteiger partial charge in [0.05, 0.1) is 23.1 Å². The van der Waals surface area contributed by atoms with Crippen molar-refractivity contribution in [3.63, 3.8) is 0 Å². The Balaban J connectivity index is 1.06. The van der Waals surface area contributed by atoms with Crippen LogP contribution in [-0.2, 0) is 0 Å². The first kappa shape index (κ1) is 31.6. The van der Waals surface area contributed by atoms with Gasteiger partial charge in [0.2, 0.25) is 0 Å². The van der Waals surface area contributed by atoms with E-state index in [0.29, 0.717) is 0 Å². The molecule has 252 valence electrons. The quantitative estimate of drug-likeness (QED) is 0.159. The van der Waals surface area contributed by atoms with E-state index in [1.165, 1.54) is 24.2 Å². The van der Waals surface area contributed by atoms with Crippen LogP contribution in [0.5, 0.6) is 5.75 Å². The van der Waals surface area contributed by atoms with Gasteiger partial charge in [-0.25, -0.2) is 4.42 Å². The second-order valence-corrected chi connectivity index (χ2v) is 14.2. The van der Waals surface area contributed by atoms with E-state index < -0.39 is 0 Å². The SMILES string of the molecule is ClC1=C(/C=C/c2cc(-c3ccccc3)[o+]c3cc(N4CCC4)ccc23)CCC/C1=C\C=C1/C=C(c2ccccc2)Oc2cc(N3CCC3)ccc21. The summed E-state index contributed by atoms with van der Waals surface area (Å²) in [5.41, 5.74) is 11.1. The molecule has 4 nitrogen and oxygen atoms in total. The molecule has 1 aromatic heterocycles. The molecule has 0 N–H and O–H groups in total. The Morgan fingerprint density at radius 1 is 0.667 bits per heavy atom. The maximum Gasteiger partial charge on any atom is 0.363 e. The van der Waals surface area contributed by atoms with Crippen LogP contribution in [0.4, 0.5) is 11.4 Å². The van der Waals surface area contributed by atoms with E-state index in [1.807, 2.05) is 12.1 Å². The van der Waals surface area contributed by atoms with Crippen LogP contribution >= 0.6 is 11.6 Å². The highest BCUT2D eigenvalue weighted by molar-refractivity contribution is 6.32. The van der Waals surface area contributed by atoms with Crippen LogP contribution in [0.3, 0.4) is 0 Å². The number of ether oxygens (including phenoxy) is 1. The number of allylic oxidation sites excluding steroid dienone is 8. The zero-order valence-electron chi connectivity index (χ0n) is 28.7. The molecule has 0 bridgehead atoms. The number of halogens is 1. The Hall–Kier alpha value is -5.32. The second kappa shape index (κ2) is 13.8. The van der Waals surface area contributed by atoms with Gasteiger partial charge < -0.3 is 14.5 Å². The lowest BCUT2D eigenvalue weighted by atomic mass is 9.92. The van der Waals surface area contributed by atoms with E-state index in [9.17, 15) is 0 Å². The van der Waals surface area contributed by atoms with E-state index >= 15 is 0 Å². The number of hydrogen-bond acceptors (Lipinski definition) is 3. The van der Waals surface area contributed by atoms with Crippen LogP contribution in [0.25, 0.3) is 39.7 Å². The van der Waals surface area contributed by atoms with Crippen molar-refractivity contribution >= 4 is 51.4 Å². The normalized spacial score (nSPS) is 18.9. The summed E-state index contributed by atoms with van der Waals surface area (Å²) >= 11 is 7.22. The highest BCUT2D eigenvalue weighted by Crippen LogP contribution is 2.41. The number of fused-ring (bicyclic) bond motifs is 2. The molecule has 0 spiro atoms. The Morgan fingerprint density at radius 3 is 2.10 bits per heavy atom. The second-order valence-electron chi connectivity index (χ2n) is 13.8. The lowest BCUT2D eigenvalue weighted by molar-refractivity contribution is 0.508. The van der Waals surface area contributed by atoms with Crippen LogP contribution in [-0.4, -0.2) is 26.2 Å². The molecule has 5 heteroatoms. The van der Waals surface area contributed by atoms with Crippen molar-refractivity contribution in [1.29, 1.82) is 0 Å². The zero-order valence-corrected chi connectivity index (χ0v) is 29.4. The van der Waals surface area contributed by atoms with Gasteiger partial charge in [-0.05, 0) is 91.3 Å². The van der Waals surface area contributed by atoms with Gasteiger partial charge in [0.15, 0.2) is 0 Å². The topological polar surface area (TPSA) is 27.0 Å². The van der Waals surface area contributed by atoms with Gasteiger partial charge in [-0.1, -0.05) is 84.4 Å². The maximum atomic E-state index is 7.22. The fraction of sp³-hybridized carbons (Fsp3) is 0.196. The van der Waals surface area contributed by atoms with Gasteiger partial charge in [0.25, 0.3) is 0 Å². The zero-order chi connectivity index (χ0) is 34.1. The number of rotatable bonds is 7. The molecule has 0 amide bonds. The molecule has 0 atom stereocenters. The van der Waals surface area contributed by atoms with Crippen molar-refractivity contribution in [3.8, 4) is 17.1 Å². The van der Waals surface area contributed by atoms with Gasteiger partial charge in [0.1, 0.15) is 11.5 Å². The van der Waals surface area contributed by atoms with Gasteiger partial charge in [-0.15, -0.1) is 0 Å². The molecule has 0 saturated carbocycles. The molecule has 5 aromatic rings. The molecular formula is C46H40ClN2O2+. The Morgan fingerprint density at radius 2 is 1.37 bits per heavy atom. The van der Waals surface area contributed by atoms with E-state index in [2.05, 4.69) is 131 Å². The van der Waals surface area contributed by atoms with Crippen molar-refractivity contribution in [2.24, 2.45) is 0 Å². The summed E-state index contributed by atoms with van der Waals surface area (Å²) in [6.07, 6.45) is 16.4. The average Bonchev–Trinajstić information content (AvgIpc) is 3.12. The monoisotopic (exact) mass is 687 g/mol. The number of hydrogen-bond donors (Lipinski definition) is 0. The molecule has 4 heterocycles. The third kappa shape index (κ3) is 6.41. The van der Waals surface area contributed by atoms with E-state index in [1.54, 1.807) is 0 Å². The summed E-state index contributed by atoms with van der Waals surface area (Å²) in [5, 5.41) is 1.94. The first-order valence-electron chi connectivity index (χ1n) is 18.2. The Kier molecular flexibility index (Phi) is 8.54. The molecule has 9 rings (SSSR count). The maximum absolute atomic E-state index is 7.22. The fourth-order valence-electron chi connectivity index (χ4n) is 7.30. The third-order valence-corrected chi connectivity index (χ3v) is 11.0. The van der Waals surface area contributed by atoms with Crippen LogP contribution in [0.15, 0.2) is 148 Å². The Labute approximate surface area is 304 Å². The molecule has 0 radical (unpaired) electrons. The van der Waals surface area contributed by atoms with Crippen molar-refractivity contribution in [1.82, 2.24) is 0 Å². The summed E-state index contributed by atoms with van der Waals surface area (Å²) in [6, 6.07) is 36.1. The summed E-state index contributed by atoms with van der Waals surface area (Å²) in [7, 11) is 0. The number of benzene rings is 4. The largest absolute Gasteiger partial charge is 0.456 e. The van der Waals surface area contributed by atoms with Crippen molar-refractivity contribution in [3.05, 3.63) is 160 Å². The lowest BCUT2D eigenvalue weighted by Crippen LogP contribution is -2.36. The highest BCUT2D eigenvalue weighted by atomic mass is 35.5. The summed E-state index contributed by atoms with van der Waals surface area (Å²) < 4.78 is 13.0. The minimum atomic E-state index is 0.843. The Bertz CT molecular complexity index is 2280. The minimum absolute atomic E-state index is 0.843. The summed E-state index contributed by atoms with van der Waals surface area (Å²) in [5.74, 6) is 2.61. The van der Waals surface area contributed by atoms with Crippen LogP contribution in [0.1, 0.15) is 48.8 Å². The summed E-state index contributed by atoms with van der Waals surface area (Å²) in [4.78, 5) is 4.80. The van der Waals surface area contributed by atoms with E-state index in [-0.39, 0.29) is 0 Å². The van der Waals surface area contributed by atoms with Crippen molar-refractivity contribution in [2.75, 3.05) is 36.0 Å². The summed E-state index contributed by atoms with van der Waals surface area (Å²) in [6.45, 7) is 4.39. The van der Waals surface area contributed by atoms with Gasteiger partial charge >= 0.3 is 11.3 Å². The molecule has 4 aromatic carbocycles. The van der Waals surface area contributed by atoms with Crippen LogP contribution in [0, 0.1) is 0 Å². The van der Waals surface area contributed by atoms with Crippen molar-refractivity contribution < 1.29 is 9.15 Å². The third-order valence-electron chi connectivity index (χ3n) is 10.5. The molecule has 1 aliphatic carbocycles. The molecule has 51 heavy (non-hydrogen) atoms. The molecule has 4 aliphatic rings. The predicted molar refractivity (Wildman–Crippen MR) is 213 cm³/mol. The molecule has 2 saturated heterocycles. The lowest BCUT2D eigenvalue weighted by Gasteiger charge is -2.34. The molecular weight excluding hydrogens is 648 g/mol. The smallest absolute Gasteiger partial charge is 0.363 e. The highest BCUT2D eigenvalue weighted by Gasteiger charge is 2.24. The first-order valence-corrected chi connectivity index (χ1v) is 18.6. The van der Waals surface area contributed by atoms with Gasteiger partial charge in [0, 0.05) is 65.3 Å². The van der Waals surface area contributed by atoms with Gasteiger partial charge in [-0.3, -0.25) is 0 Å². The minimum Gasteiger partial charge on any atom is -0.456 e. The number of anilines is 2. The van der Waals surface area contributed by atoms with Gasteiger partial charge in [-0.2, -0.15) is 0 Å². The number of nitrogens with zero attached hydrogens (tertiary/aromatic N) is 2. The standard InChI is InChI=1S/C46H40ClN2O2/c47-46-34(16-18-36-28-42(32-10-3-1-4-11-32)50-44-30-38(20-22-40(36)44)48-24-8-25-48)14-7-15-35(46)17-19-37-29-43(33-12-5-2-6-13-33)51-45-31-39(21-23-41(37)45)49-26-9-27-49/h1-6,10-13,16-23,28-31H,7-9,14-15,24-27H2/q+1. The first-order chi connectivity index (χ1) is 25.2. The predicted octanol–water partition coefficient (Wildman–Crippen LogP) is 11.9. The van der Waals surface area contributed by atoms with Crippen LogP contribution in [0.2, 0.25) is 0 Å². The van der Waals surface area contributed by atoms with E-state index in [0.717, 1.165) is 118 Å².